The number of aromatic nitrogens is 1. The predicted octanol–water partition coefficient (Wildman–Crippen LogP) is 1.67. The van der Waals surface area contributed by atoms with Crippen molar-refractivity contribution in [2.45, 2.75) is 18.9 Å². The third kappa shape index (κ3) is 3.74. The first kappa shape index (κ1) is 14.6. The Morgan fingerprint density at radius 2 is 2.41 bits per heavy atom. The summed E-state index contributed by atoms with van der Waals surface area (Å²) in [6.07, 6.45) is 3.40. The van der Waals surface area contributed by atoms with Crippen LogP contribution >= 0.6 is 15.9 Å². The Morgan fingerprint density at radius 3 is 2.94 bits per heavy atom. The van der Waals surface area contributed by atoms with Crippen LogP contribution in [0.2, 0.25) is 0 Å². The van der Waals surface area contributed by atoms with Crippen molar-refractivity contribution in [3.63, 3.8) is 0 Å². The lowest BCUT2D eigenvalue weighted by Gasteiger charge is -2.28. The van der Waals surface area contributed by atoms with Gasteiger partial charge in [0.15, 0.2) is 0 Å². The second kappa shape index (κ2) is 5.90. The van der Waals surface area contributed by atoms with Gasteiger partial charge in [0.05, 0.1) is 5.54 Å². The molecule has 0 aliphatic carbocycles. The zero-order valence-electron chi connectivity index (χ0n) is 9.37. The van der Waals surface area contributed by atoms with E-state index in [2.05, 4.69) is 25.6 Å². The number of aldehydes is 1. The monoisotopic (exact) mass is 322 g/mol. The Morgan fingerprint density at radius 1 is 1.76 bits per heavy atom. The van der Waals surface area contributed by atoms with Crippen molar-refractivity contribution in [1.29, 1.82) is 0 Å². The minimum Gasteiger partial charge on any atom is -0.598 e. The molecule has 1 heterocycles. The minimum absolute atomic E-state index is 0.00162. The number of hydrogen-bond donors (Lipinski definition) is 1. The van der Waals surface area contributed by atoms with Gasteiger partial charge in [0.25, 0.3) is 0 Å². The standard InChI is InChI=1S/C10H12BrFN2O2S/c1-10(3-4-15,14-17(2)16)8-5-7(11)6-13-9(8)12/h4-6,14H,3H2,1-2H3/t10-,17?/m0/s1. The van der Waals surface area contributed by atoms with E-state index in [1.807, 2.05) is 0 Å². The summed E-state index contributed by atoms with van der Waals surface area (Å²) in [5.41, 5.74) is -0.837. The highest BCUT2D eigenvalue weighted by Gasteiger charge is 2.33. The molecule has 17 heavy (non-hydrogen) atoms. The first-order chi connectivity index (χ1) is 7.89. The Balaban J connectivity index is 3.20. The molecule has 0 amide bonds. The Kier molecular flexibility index (Phi) is 5.05. The molecule has 94 valence electrons. The predicted molar refractivity (Wildman–Crippen MR) is 67.1 cm³/mol. The summed E-state index contributed by atoms with van der Waals surface area (Å²) in [5.74, 6) is -0.685. The lowest BCUT2D eigenvalue weighted by molar-refractivity contribution is -0.108. The van der Waals surface area contributed by atoms with Crippen molar-refractivity contribution in [1.82, 2.24) is 9.71 Å². The van der Waals surface area contributed by atoms with Crippen LogP contribution in [0.15, 0.2) is 16.7 Å². The first-order valence-corrected chi connectivity index (χ1v) is 7.10. The fraction of sp³-hybridized carbons (Fsp3) is 0.400. The van der Waals surface area contributed by atoms with Crippen LogP contribution in [0, 0.1) is 5.95 Å². The average Bonchev–Trinajstić information content (AvgIpc) is 2.20. The van der Waals surface area contributed by atoms with Crippen molar-refractivity contribution >= 4 is 33.6 Å². The van der Waals surface area contributed by atoms with Gasteiger partial charge >= 0.3 is 0 Å². The lowest BCUT2D eigenvalue weighted by atomic mass is 9.91. The molecule has 1 aromatic heterocycles. The zero-order valence-corrected chi connectivity index (χ0v) is 11.8. The van der Waals surface area contributed by atoms with Crippen molar-refractivity contribution in [2.75, 3.05) is 6.26 Å². The largest absolute Gasteiger partial charge is 0.598 e. The molecule has 0 aliphatic rings. The SMILES string of the molecule is C[S+]([O-])N[C@@](C)(CC=O)c1cc(Br)cnc1F. The van der Waals surface area contributed by atoms with E-state index >= 15 is 0 Å². The summed E-state index contributed by atoms with van der Waals surface area (Å²) in [6, 6.07) is 1.52. The molecule has 0 bridgehead atoms. The van der Waals surface area contributed by atoms with Crippen molar-refractivity contribution in [3.8, 4) is 0 Å². The second-order valence-electron chi connectivity index (χ2n) is 3.75. The van der Waals surface area contributed by atoms with Gasteiger partial charge in [0.1, 0.15) is 12.5 Å². The molecule has 0 aromatic carbocycles. The van der Waals surface area contributed by atoms with Crippen LogP contribution in [0.4, 0.5) is 4.39 Å². The highest BCUT2D eigenvalue weighted by molar-refractivity contribution is 9.10. The van der Waals surface area contributed by atoms with Crippen molar-refractivity contribution in [3.05, 3.63) is 28.2 Å². The van der Waals surface area contributed by atoms with Crippen molar-refractivity contribution < 1.29 is 13.7 Å². The molecule has 1 aromatic rings. The maximum atomic E-state index is 13.7. The van der Waals surface area contributed by atoms with Crippen LogP contribution in [0.3, 0.4) is 0 Å². The van der Waals surface area contributed by atoms with Crippen LogP contribution in [0.25, 0.3) is 0 Å². The second-order valence-corrected chi connectivity index (χ2v) is 5.78. The Labute approximate surface area is 110 Å². The first-order valence-electron chi connectivity index (χ1n) is 4.75. The zero-order chi connectivity index (χ0) is 13.1. The van der Waals surface area contributed by atoms with Gasteiger partial charge in [0.2, 0.25) is 5.95 Å². The molecule has 1 unspecified atom stereocenters. The van der Waals surface area contributed by atoms with Gasteiger partial charge in [-0.05, 0) is 28.9 Å². The molecule has 0 fully saturated rings. The highest BCUT2D eigenvalue weighted by Crippen LogP contribution is 2.28. The highest BCUT2D eigenvalue weighted by atomic mass is 79.9. The van der Waals surface area contributed by atoms with E-state index in [1.165, 1.54) is 18.5 Å². The van der Waals surface area contributed by atoms with Crippen LogP contribution in [0.5, 0.6) is 0 Å². The lowest BCUT2D eigenvalue weighted by Crippen LogP contribution is -2.44. The summed E-state index contributed by atoms with van der Waals surface area (Å²) < 4.78 is 28.2. The van der Waals surface area contributed by atoms with E-state index in [4.69, 9.17) is 0 Å². The molecule has 0 aliphatic heterocycles. The summed E-state index contributed by atoms with van der Waals surface area (Å²) >= 11 is 1.81. The van der Waals surface area contributed by atoms with E-state index in [0.717, 1.165) is 0 Å². The average molecular weight is 323 g/mol. The molecule has 1 rings (SSSR count). The normalized spacial score (nSPS) is 16.3. The summed E-state index contributed by atoms with van der Waals surface area (Å²) in [6.45, 7) is 1.61. The van der Waals surface area contributed by atoms with Crippen molar-refractivity contribution in [2.24, 2.45) is 0 Å². The maximum absolute atomic E-state index is 13.7. The quantitative estimate of drug-likeness (QED) is 0.509. The molecule has 0 radical (unpaired) electrons. The van der Waals surface area contributed by atoms with E-state index in [-0.39, 0.29) is 12.0 Å². The number of hydrogen-bond acceptors (Lipinski definition) is 4. The van der Waals surface area contributed by atoms with Crippen LogP contribution in [0.1, 0.15) is 18.9 Å². The molecule has 2 atom stereocenters. The number of carbonyl (C=O) groups excluding carboxylic acids is 1. The molecule has 0 saturated carbocycles. The van der Waals surface area contributed by atoms with Crippen LogP contribution in [-0.2, 0) is 21.7 Å². The van der Waals surface area contributed by atoms with E-state index < -0.39 is 22.8 Å². The third-order valence-corrected chi connectivity index (χ3v) is 3.43. The molecular formula is C10H12BrFN2O2S. The number of nitrogens with zero attached hydrogens (tertiary/aromatic N) is 1. The number of pyridine rings is 1. The molecule has 1 N–H and O–H groups in total. The topological polar surface area (TPSA) is 65.0 Å². The van der Waals surface area contributed by atoms with Gasteiger partial charge in [-0.1, -0.05) is 0 Å². The van der Waals surface area contributed by atoms with Crippen LogP contribution in [-0.4, -0.2) is 22.1 Å². The van der Waals surface area contributed by atoms with Gasteiger partial charge in [-0.15, -0.1) is 4.72 Å². The fourth-order valence-corrected chi connectivity index (χ4v) is 2.66. The smallest absolute Gasteiger partial charge is 0.218 e. The summed E-state index contributed by atoms with van der Waals surface area (Å²) in [7, 11) is 0. The number of nitrogens with one attached hydrogen (secondary N) is 1. The minimum atomic E-state index is -1.37. The fourth-order valence-electron chi connectivity index (χ4n) is 1.50. The summed E-state index contributed by atoms with van der Waals surface area (Å²) in [4.78, 5) is 14.2. The molecule has 0 spiro atoms. The van der Waals surface area contributed by atoms with Crippen LogP contribution < -0.4 is 4.72 Å². The molecule has 0 saturated heterocycles. The van der Waals surface area contributed by atoms with Gasteiger partial charge in [0, 0.05) is 34.0 Å². The van der Waals surface area contributed by atoms with Gasteiger partial charge in [-0.25, -0.2) is 4.98 Å². The van der Waals surface area contributed by atoms with E-state index in [9.17, 15) is 13.7 Å². The number of carbonyl (C=O) groups is 1. The van der Waals surface area contributed by atoms with Gasteiger partial charge in [-0.2, -0.15) is 4.39 Å². The molecule has 4 nitrogen and oxygen atoms in total. The summed E-state index contributed by atoms with van der Waals surface area (Å²) in [5, 5.41) is 0. The Bertz CT molecular complexity index is 419. The molecular weight excluding hydrogens is 311 g/mol. The van der Waals surface area contributed by atoms with Gasteiger partial charge < -0.3 is 9.35 Å². The third-order valence-electron chi connectivity index (χ3n) is 2.26. The number of halogens is 2. The Hall–Kier alpha value is -0.500. The number of rotatable bonds is 5. The van der Waals surface area contributed by atoms with Gasteiger partial charge in [-0.3, -0.25) is 0 Å². The van der Waals surface area contributed by atoms with E-state index in [1.54, 1.807) is 6.92 Å². The maximum Gasteiger partial charge on any atom is 0.218 e. The molecule has 7 heteroatoms. The van der Waals surface area contributed by atoms with E-state index in [0.29, 0.717) is 10.8 Å².